The van der Waals surface area contributed by atoms with Crippen LogP contribution in [0.2, 0.25) is 0 Å². The number of nitrogens with zero attached hydrogens (tertiary/aromatic N) is 3. The van der Waals surface area contributed by atoms with Crippen molar-refractivity contribution in [2.45, 2.75) is 26.3 Å². The quantitative estimate of drug-likeness (QED) is 0.718. The Bertz CT molecular complexity index is 910. The molecule has 1 aliphatic rings. The maximum Gasteiger partial charge on any atom is 0.257 e. The highest BCUT2D eigenvalue weighted by atomic mass is 16.5. The number of carbonyl (C=O) groups is 1. The monoisotopic (exact) mass is 395 g/mol. The Morgan fingerprint density at radius 1 is 1.21 bits per heavy atom. The molecule has 1 unspecified atom stereocenters. The number of likely N-dealkylation sites (N-methyl/N-ethyl adjacent to an activating group) is 1. The van der Waals surface area contributed by atoms with E-state index in [1.54, 1.807) is 19.2 Å². The van der Waals surface area contributed by atoms with Gasteiger partial charge in [-0.15, -0.1) is 0 Å². The smallest absolute Gasteiger partial charge is 0.257 e. The van der Waals surface area contributed by atoms with Crippen molar-refractivity contribution in [1.29, 1.82) is 0 Å². The summed E-state index contributed by atoms with van der Waals surface area (Å²) in [7, 11) is 5.19. The van der Waals surface area contributed by atoms with Crippen LogP contribution in [0.1, 0.15) is 36.1 Å². The van der Waals surface area contributed by atoms with E-state index in [9.17, 15) is 4.79 Å². The lowest BCUT2D eigenvalue weighted by atomic mass is 9.95. The number of carbonyl (C=O) groups excluding carboxylic acids is 1. The molecule has 2 aromatic carbocycles. The number of benzene rings is 2. The third-order valence-corrected chi connectivity index (χ3v) is 5.38. The minimum Gasteiger partial charge on any atom is -0.497 e. The van der Waals surface area contributed by atoms with Crippen LogP contribution in [0.25, 0.3) is 0 Å². The largest absolute Gasteiger partial charge is 0.497 e. The second-order valence-corrected chi connectivity index (χ2v) is 7.26. The van der Waals surface area contributed by atoms with Crippen LogP contribution in [0.4, 0.5) is 0 Å². The molecule has 6 heteroatoms. The van der Waals surface area contributed by atoms with E-state index in [1.807, 2.05) is 49.2 Å². The SMILES string of the molecule is CCN(C)CC(=O)N1N=C(c2ccc(OC)cc2OC)CC1c1ccccc1C. The molecule has 1 heterocycles. The summed E-state index contributed by atoms with van der Waals surface area (Å²) in [5, 5.41) is 6.41. The number of aryl methyl sites for hydroxylation is 1. The van der Waals surface area contributed by atoms with Gasteiger partial charge < -0.3 is 9.47 Å². The molecule has 0 saturated carbocycles. The maximum atomic E-state index is 13.1. The van der Waals surface area contributed by atoms with Crippen LogP contribution in [0, 0.1) is 6.92 Å². The number of hydrazone groups is 1. The predicted octanol–water partition coefficient (Wildman–Crippen LogP) is 3.64. The molecule has 0 bridgehead atoms. The Labute approximate surface area is 172 Å². The third-order valence-electron chi connectivity index (χ3n) is 5.38. The number of ether oxygens (including phenoxy) is 2. The standard InChI is InChI=1S/C23H29N3O3/c1-6-25(3)15-23(27)26-21(18-10-8-7-9-16(18)2)14-20(24-26)19-12-11-17(28-4)13-22(19)29-5/h7-13,21H,6,14-15H2,1-5H3. The zero-order valence-corrected chi connectivity index (χ0v) is 17.8. The van der Waals surface area contributed by atoms with Crippen LogP contribution in [0.15, 0.2) is 47.6 Å². The number of rotatable bonds is 7. The Morgan fingerprint density at radius 3 is 2.62 bits per heavy atom. The highest BCUT2D eigenvalue weighted by Crippen LogP contribution is 2.37. The lowest BCUT2D eigenvalue weighted by molar-refractivity contribution is -0.133. The average molecular weight is 396 g/mol. The summed E-state index contributed by atoms with van der Waals surface area (Å²) in [6, 6.07) is 13.7. The third kappa shape index (κ3) is 4.43. The second-order valence-electron chi connectivity index (χ2n) is 7.26. The molecule has 29 heavy (non-hydrogen) atoms. The number of methoxy groups -OCH3 is 2. The Morgan fingerprint density at radius 2 is 1.97 bits per heavy atom. The Balaban J connectivity index is 2.00. The minimum atomic E-state index is -0.129. The van der Waals surface area contributed by atoms with Crippen LogP contribution in [0.5, 0.6) is 11.5 Å². The molecule has 1 aliphatic heterocycles. The molecule has 154 valence electrons. The summed E-state index contributed by atoms with van der Waals surface area (Å²) >= 11 is 0. The zero-order valence-electron chi connectivity index (χ0n) is 17.8. The van der Waals surface area contributed by atoms with Crippen molar-refractivity contribution in [2.24, 2.45) is 5.10 Å². The van der Waals surface area contributed by atoms with Gasteiger partial charge in [0.15, 0.2) is 0 Å². The minimum absolute atomic E-state index is 0.00918. The first kappa shape index (κ1) is 20.9. The lowest BCUT2D eigenvalue weighted by Crippen LogP contribution is -2.36. The van der Waals surface area contributed by atoms with Crippen molar-refractivity contribution in [3.8, 4) is 11.5 Å². The van der Waals surface area contributed by atoms with Gasteiger partial charge in [-0.05, 0) is 43.8 Å². The molecular formula is C23H29N3O3. The van der Waals surface area contributed by atoms with E-state index in [0.29, 0.717) is 18.7 Å². The summed E-state index contributed by atoms with van der Waals surface area (Å²) in [5.41, 5.74) is 3.99. The summed E-state index contributed by atoms with van der Waals surface area (Å²) in [6.07, 6.45) is 0.634. The first-order valence-corrected chi connectivity index (χ1v) is 9.84. The predicted molar refractivity (Wildman–Crippen MR) is 115 cm³/mol. The Hall–Kier alpha value is -2.86. The molecule has 1 atom stereocenters. The first-order valence-electron chi connectivity index (χ1n) is 9.84. The van der Waals surface area contributed by atoms with Crippen molar-refractivity contribution < 1.29 is 14.3 Å². The first-order chi connectivity index (χ1) is 14.0. The highest BCUT2D eigenvalue weighted by molar-refractivity contribution is 6.05. The molecule has 0 aliphatic carbocycles. The maximum absolute atomic E-state index is 13.1. The lowest BCUT2D eigenvalue weighted by Gasteiger charge is -2.25. The van der Waals surface area contributed by atoms with E-state index in [2.05, 4.69) is 19.1 Å². The average Bonchev–Trinajstić information content (AvgIpc) is 3.18. The summed E-state index contributed by atoms with van der Waals surface area (Å²) in [6.45, 7) is 5.24. The van der Waals surface area contributed by atoms with Gasteiger partial charge >= 0.3 is 0 Å². The van der Waals surface area contributed by atoms with Crippen LogP contribution in [0.3, 0.4) is 0 Å². The summed E-state index contributed by atoms with van der Waals surface area (Å²) < 4.78 is 10.9. The van der Waals surface area contributed by atoms with Gasteiger partial charge in [-0.1, -0.05) is 31.2 Å². The van der Waals surface area contributed by atoms with Gasteiger partial charge in [0.1, 0.15) is 11.5 Å². The molecule has 0 saturated heterocycles. The van der Waals surface area contributed by atoms with Gasteiger partial charge in [0, 0.05) is 18.1 Å². The fraction of sp³-hybridized carbons (Fsp3) is 0.391. The van der Waals surface area contributed by atoms with E-state index >= 15 is 0 Å². The molecule has 2 aromatic rings. The zero-order chi connectivity index (χ0) is 21.0. The molecule has 3 rings (SSSR count). The van der Waals surface area contributed by atoms with Gasteiger partial charge in [-0.3, -0.25) is 9.69 Å². The number of amides is 1. The fourth-order valence-electron chi connectivity index (χ4n) is 3.56. The Kier molecular flexibility index (Phi) is 6.54. The van der Waals surface area contributed by atoms with Crippen LogP contribution < -0.4 is 9.47 Å². The van der Waals surface area contributed by atoms with Crippen molar-refractivity contribution in [3.63, 3.8) is 0 Å². The van der Waals surface area contributed by atoms with E-state index in [-0.39, 0.29) is 11.9 Å². The van der Waals surface area contributed by atoms with Crippen LogP contribution in [-0.4, -0.2) is 55.9 Å². The van der Waals surface area contributed by atoms with E-state index < -0.39 is 0 Å². The molecule has 6 nitrogen and oxygen atoms in total. The van der Waals surface area contributed by atoms with Gasteiger partial charge in [0.25, 0.3) is 5.91 Å². The number of hydrogen-bond donors (Lipinski definition) is 0. The molecule has 1 amide bonds. The second kappa shape index (κ2) is 9.09. The molecule has 0 radical (unpaired) electrons. The van der Waals surface area contributed by atoms with E-state index in [1.165, 1.54) is 0 Å². The van der Waals surface area contributed by atoms with Gasteiger partial charge in [-0.2, -0.15) is 5.10 Å². The van der Waals surface area contributed by atoms with E-state index in [4.69, 9.17) is 14.6 Å². The van der Waals surface area contributed by atoms with Crippen molar-refractivity contribution in [2.75, 3.05) is 34.4 Å². The highest BCUT2D eigenvalue weighted by Gasteiger charge is 2.34. The fourth-order valence-corrected chi connectivity index (χ4v) is 3.56. The van der Waals surface area contributed by atoms with E-state index in [0.717, 1.165) is 34.7 Å². The van der Waals surface area contributed by atoms with Crippen molar-refractivity contribution in [1.82, 2.24) is 9.91 Å². The summed E-state index contributed by atoms with van der Waals surface area (Å²) in [5.74, 6) is 1.40. The van der Waals surface area contributed by atoms with Crippen LogP contribution in [-0.2, 0) is 4.79 Å². The molecular weight excluding hydrogens is 366 g/mol. The molecule has 0 spiro atoms. The van der Waals surface area contributed by atoms with Crippen molar-refractivity contribution in [3.05, 3.63) is 59.2 Å². The van der Waals surface area contributed by atoms with Crippen LogP contribution >= 0.6 is 0 Å². The molecule has 0 N–H and O–H groups in total. The van der Waals surface area contributed by atoms with Gasteiger partial charge in [0.05, 0.1) is 32.5 Å². The van der Waals surface area contributed by atoms with Crippen molar-refractivity contribution >= 4 is 11.6 Å². The molecule has 0 aromatic heterocycles. The molecule has 0 fully saturated rings. The van der Waals surface area contributed by atoms with Gasteiger partial charge in [0.2, 0.25) is 0 Å². The summed E-state index contributed by atoms with van der Waals surface area (Å²) in [4.78, 5) is 15.1. The normalized spacial score (nSPS) is 16.1. The van der Waals surface area contributed by atoms with Gasteiger partial charge in [-0.25, -0.2) is 5.01 Å². The topological polar surface area (TPSA) is 54.4 Å². The number of hydrogen-bond acceptors (Lipinski definition) is 5.